The number of benzene rings is 1. The Balaban J connectivity index is 1.67. The summed E-state index contributed by atoms with van der Waals surface area (Å²) >= 11 is 3.53. The molecule has 116 valence electrons. The fraction of sp³-hybridized carbons (Fsp3) is 0.312. The molecule has 22 heavy (non-hydrogen) atoms. The number of rotatable bonds is 4. The van der Waals surface area contributed by atoms with E-state index in [-0.39, 0.29) is 10.9 Å². The minimum absolute atomic E-state index is 0.0312. The number of nitrogens with one attached hydrogen (secondary N) is 1. The molecule has 2 unspecified atom stereocenters. The van der Waals surface area contributed by atoms with Gasteiger partial charge in [-0.3, -0.25) is 0 Å². The summed E-state index contributed by atoms with van der Waals surface area (Å²) in [5.74, 6) is -0.563. The van der Waals surface area contributed by atoms with E-state index < -0.39 is 12.2 Å². The number of hydrogen-bond acceptors (Lipinski definition) is 3. The summed E-state index contributed by atoms with van der Waals surface area (Å²) in [6.45, 7) is 1.10. The van der Waals surface area contributed by atoms with E-state index in [1.807, 2.05) is 30.3 Å². The molecule has 0 spiro atoms. The van der Waals surface area contributed by atoms with Crippen molar-refractivity contribution >= 4 is 21.6 Å². The van der Waals surface area contributed by atoms with Crippen LogP contribution >= 0.6 is 15.9 Å². The van der Waals surface area contributed by atoms with E-state index in [1.54, 1.807) is 11.0 Å². The number of halogens is 3. The molecule has 0 saturated carbocycles. The van der Waals surface area contributed by atoms with E-state index in [2.05, 4.69) is 26.2 Å². The third-order valence-corrected chi connectivity index (χ3v) is 4.64. The molecule has 3 nitrogen and oxygen atoms in total. The lowest BCUT2D eigenvalue weighted by molar-refractivity contribution is 0.283. The predicted molar refractivity (Wildman–Crippen MR) is 86.2 cm³/mol. The first-order valence-corrected chi connectivity index (χ1v) is 8.00. The third kappa shape index (κ3) is 3.28. The third-order valence-electron chi connectivity index (χ3n) is 3.78. The van der Waals surface area contributed by atoms with Crippen molar-refractivity contribution in [3.63, 3.8) is 0 Å². The fourth-order valence-electron chi connectivity index (χ4n) is 2.61. The molecule has 1 fully saturated rings. The van der Waals surface area contributed by atoms with Gasteiger partial charge in [-0.25, -0.2) is 9.37 Å². The zero-order chi connectivity index (χ0) is 15.5. The smallest absolute Gasteiger partial charge is 0.212 e. The summed E-state index contributed by atoms with van der Waals surface area (Å²) in [4.78, 5) is 5.15. The van der Waals surface area contributed by atoms with E-state index in [1.165, 1.54) is 12.3 Å². The van der Waals surface area contributed by atoms with Crippen molar-refractivity contribution in [3.05, 3.63) is 60.2 Å². The van der Waals surface area contributed by atoms with Crippen molar-refractivity contribution in [1.82, 2.24) is 10.3 Å². The topological polar surface area (TPSA) is 28.2 Å². The monoisotopic (exact) mass is 367 g/mol. The molecule has 6 heteroatoms. The largest absolute Gasteiger partial charge is 0.338 e. The van der Waals surface area contributed by atoms with Crippen LogP contribution in [0.1, 0.15) is 5.56 Å². The molecule has 3 atom stereocenters. The maximum absolute atomic E-state index is 14.7. The summed E-state index contributed by atoms with van der Waals surface area (Å²) in [6, 6.07) is 12.3. The number of hydrogen-bond donors (Lipinski definition) is 1. The quantitative estimate of drug-likeness (QED) is 0.510. The van der Waals surface area contributed by atoms with Gasteiger partial charge in [0.25, 0.3) is 0 Å². The highest BCUT2D eigenvalue weighted by molar-refractivity contribution is 9.09. The van der Waals surface area contributed by atoms with Crippen molar-refractivity contribution in [1.29, 1.82) is 0 Å². The lowest BCUT2D eigenvalue weighted by atomic mass is 10.2. The Morgan fingerprint density at radius 1 is 1.23 bits per heavy atom. The number of anilines is 1. The van der Waals surface area contributed by atoms with Crippen molar-refractivity contribution in [3.8, 4) is 0 Å². The van der Waals surface area contributed by atoms with Gasteiger partial charge in [0.2, 0.25) is 5.95 Å². The lowest BCUT2D eigenvalue weighted by Crippen LogP contribution is -2.42. The average Bonchev–Trinajstić information content (AvgIpc) is 2.82. The maximum Gasteiger partial charge on any atom is 0.212 e. The van der Waals surface area contributed by atoms with Crippen LogP contribution in [0.4, 0.5) is 14.5 Å². The Morgan fingerprint density at radius 3 is 2.68 bits per heavy atom. The number of pyridine rings is 1. The molecule has 1 saturated heterocycles. The van der Waals surface area contributed by atoms with Crippen molar-refractivity contribution in [2.24, 2.45) is 0 Å². The molecule has 1 aromatic heterocycles. The molecule has 0 radical (unpaired) electrons. The van der Waals surface area contributed by atoms with Gasteiger partial charge in [0.05, 0.1) is 22.8 Å². The van der Waals surface area contributed by atoms with Gasteiger partial charge in [-0.2, -0.15) is 4.39 Å². The molecule has 0 aliphatic carbocycles. The minimum Gasteiger partial charge on any atom is -0.338 e. The van der Waals surface area contributed by atoms with E-state index in [0.717, 1.165) is 5.56 Å². The molecule has 1 aliphatic rings. The second-order valence-electron chi connectivity index (χ2n) is 5.27. The first kappa shape index (κ1) is 15.4. The molecule has 2 aromatic rings. The molecular formula is C16H16BrF2N3. The van der Waals surface area contributed by atoms with Crippen molar-refractivity contribution < 1.29 is 8.78 Å². The molecular weight excluding hydrogens is 352 g/mol. The van der Waals surface area contributed by atoms with Crippen molar-refractivity contribution in [2.45, 2.75) is 23.7 Å². The standard InChI is InChI=1S/C16H16BrF2N3/c17-13-10-22(12-6-7-14(18)20-9-12)16(19)15(13)21-8-11-4-2-1-3-5-11/h1-7,9,13,15-16,21H,8,10H2/t13-,15?,16?/m0/s1. The van der Waals surface area contributed by atoms with Gasteiger partial charge < -0.3 is 10.2 Å². The van der Waals surface area contributed by atoms with Crippen molar-refractivity contribution in [2.75, 3.05) is 11.4 Å². The van der Waals surface area contributed by atoms with Gasteiger partial charge in [-0.1, -0.05) is 46.3 Å². The van der Waals surface area contributed by atoms with Crippen LogP contribution in [0.2, 0.25) is 0 Å². The van der Waals surface area contributed by atoms with E-state index in [0.29, 0.717) is 18.8 Å². The van der Waals surface area contributed by atoms with Crippen LogP contribution in [0.25, 0.3) is 0 Å². The summed E-state index contributed by atoms with van der Waals surface area (Å²) < 4.78 is 27.6. The molecule has 3 rings (SSSR count). The Morgan fingerprint density at radius 2 is 2.00 bits per heavy atom. The first-order chi connectivity index (χ1) is 10.6. The highest BCUT2D eigenvalue weighted by atomic mass is 79.9. The van der Waals surface area contributed by atoms with Gasteiger partial charge in [0.1, 0.15) is 0 Å². The minimum atomic E-state index is -1.19. The van der Waals surface area contributed by atoms with Crippen LogP contribution in [-0.2, 0) is 6.54 Å². The van der Waals surface area contributed by atoms with Gasteiger partial charge in [-0.15, -0.1) is 0 Å². The van der Waals surface area contributed by atoms with Crippen LogP contribution < -0.4 is 10.2 Å². The van der Waals surface area contributed by atoms with Crippen LogP contribution in [0, 0.1) is 5.95 Å². The Kier molecular flexibility index (Phi) is 4.69. The molecule has 1 aliphatic heterocycles. The fourth-order valence-corrected chi connectivity index (χ4v) is 3.36. The normalized spacial score (nSPS) is 24.7. The van der Waals surface area contributed by atoms with E-state index in [9.17, 15) is 8.78 Å². The molecule has 2 heterocycles. The Hall–Kier alpha value is -1.53. The SMILES string of the molecule is Fc1ccc(N2C[C@H](Br)C(NCc3ccccc3)C2F)cn1. The predicted octanol–water partition coefficient (Wildman–Crippen LogP) is 3.26. The second kappa shape index (κ2) is 6.71. The molecule has 1 N–H and O–H groups in total. The summed E-state index contributed by atoms with van der Waals surface area (Å²) in [7, 11) is 0. The summed E-state index contributed by atoms with van der Waals surface area (Å²) in [6.07, 6.45) is 0.168. The number of aromatic nitrogens is 1. The van der Waals surface area contributed by atoms with E-state index in [4.69, 9.17) is 0 Å². The average molecular weight is 368 g/mol. The highest BCUT2D eigenvalue weighted by Crippen LogP contribution is 2.30. The molecule has 1 aromatic carbocycles. The summed E-state index contributed by atoms with van der Waals surface area (Å²) in [5.41, 5.74) is 1.69. The second-order valence-corrected chi connectivity index (χ2v) is 6.45. The Bertz CT molecular complexity index is 609. The van der Waals surface area contributed by atoms with Gasteiger partial charge >= 0.3 is 0 Å². The number of alkyl halides is 2. The van der Waals surface area contributed by atoms with Crippen LogP contribution in [-0.4, -0.2) is 28.7 Å². The Labute approximate surface area is 136 Å². The van der Waals surface area contributed by atoms with Crippen LogP contribution in [0.15, 0.2) is 48.7 Å². The van der Waals surface area contributed by atoms with Crippen LogP contribution in [0.3, 0.4) is 0 Å². The lowest BCUT2D eigenvalue weighted by Gasteiger charge is -2.23. The molecule has 0 amide bonds. The zero-order valence-electron chi connectivity index (χ0n) is 11.8. The van der Waals surface area contributed by atoms with Gasteiger partial charge in [-0.05, 0) is 17.7 Å². The molecule has 0 bridgehead atoms. The summed E-state index contributed by atoms with van der Waals surface area (Å²) in [5, 5.41) is 3.25. The highest BCUT2D eigenvalue weighted by Gasteiger charge is 2.40. The van der Waals surface area contributed by atoms with Crippen LogP contribution in [0.5, 0.6) is 0 Å². The van der Waals surface area contributed by atoms with Gasteiger partial charge in [0, 0.05) is 13.1 Å². The number of nitrogens with zero attached hydrogens (tertiary/aromatic N) is 2. The zero-order valence-corrected chi connectivity index (χ0v) is 13.4. The first-order valence-electron chi connectivity index (χ1n) is 7.09. The van der Waals surface area contributed by atoms with Gasteiger partial charge in [0.15, 0.2) is 6.30 Å². The van der Waals surface area contributed by atoms with E-state index >= 15 is 0 Å². The maximum atomic E-state index is 14.7.